The molecule has 5 nitrogen and oxygen atoms in total. The molecule has 2 aliphatic rings. The molecule has 0 saturated carbocycles. The van der Waals surface area contributed by atoms with Crippen molar-refractivity contribution in [2.24, 2.45) is 4.99 Å². The Labute approximate surface area is 199 Å². The number of hydrogen-bond acceptors (Lipinski definition) is 5. The summed E-state index contributed by atoms with van der Waals surface area (Å²) in [5.74, 6) is -0.450. The Hall–Kier alpha value is -2.86. The number of rotatable bonds is 5. The van der Waals surface area contributed by atoms with Crippen LogP contribution >= 0.6 is 11.8 Å². The van der Waals surface area contributed by atoms with Crippen LogP contribution in [0, 0.1) is 0 Å². The van der Waals surface area contributed by atoms with Crippen LogP contribution in [0.1, 0.15) is 63.8 Å². The molecule has 2 aromatic rings. The molecule has 0 spiro atoms. The average molecular weight is 463 g/mol. The van der Waals surface area contributed by atoms with Gasteiger partial charge in [-0.15, -0.1) is 0 Å². The number of allylic oxidation sites excluding steroid dienone is 1. The predicted octanol–water partition coefficient (Wildman–Crippen LogP) is 5.77. The van der Waals surface area contributed by atoms with Crippen LogP contribution in [0.25, 0.3) is 0 Å². The summed E-state index contributed by atoms with van der Waals surface area (Å²) in [4.78, 5) is 33.0. The first-order chi connectivity index (χ1) is 15.7. The number of aliphatic imine (C=N–C) groups is 1. The van der Waals surface area contributed by atoms with Crippen molar-refractivity contribution in [3.63, 3.8) is 0 Å². The molecule has 2 aromatic carbocycles. The van der Waals surface area contributed by atoms with Crippen LogP contribution in [0.4, 0.5) is 0 Å². The summed E-state index contributed by atoms with van der Waals surface area (Å²) in [6.07, 6.45) is 0.710. The lowest BCUT2D eigenvalue weighted by Gasteiger charge is -2.33. The van der Waals surface area contributed by atoms with Crippen LogP contribution in [-0.4, -0.2) is 27.2 Å². The third kappa shape index (κ3) is 4.62. The lowest BCUT2D eigenvalue weighted by atomic mass is 9.85. The maximum Gasteiger partial charge on any atom is 0.338 e. The number of carbonyl (C=O) groups is 2. The highest BCUT2D eigenvalue weighted by Gasteiger charge is 2.47. The second-order valence-electron chi connectivity index (χ2n) is 9.45. The highest BCUT2D eigenvalue weighted by atomic mass is 32.2. The number of amides is 1. The van der Waals surface area contributed by atoms with Gasteiger partial charge in [0.25, 0.3) is 0 Å². The van der Waals surface area contributed by atoms with Crippen LogP contribution < -0.4 is 0 Å². The summed E-state index contributed by atoms with van der Waals surface area (Å²) in [5.41, 5.74) is 4.01. The molecule has 0 N–H and O–H groups in total. The van der Waals surface area contributed by atoms with E-state index in [1.54, 1.807) is 4.90 Å². The summed E-state index contributed by atoms with van der Waals surface area (Å²) in [6, 6.07) is 17.2. The Kier molecular flexibility index (Phi) is 6.48. The van der Waals surface area contributed by atoms with Gasteiger partial charge in [0.1, 0.15) is 6.61 Å². The minimum Gasteiger partial charge on any atom is -0.457 e. The van der Waals surface area contributed by atoms with Crippen LogP contribution in [-0.2, 0) is 26.3 Å². The molecule has 4 rings (SSSR count). The van der Waals surface area contributed by atoms with E-state index in [1.165, 1.54) is 17.3 Å². The zero-order valence-electron chi connectivity index (χ0n) is 19.8. The van der Waals surface area contributed by atoms with Gasteiger partial charge < -0.3 is 4.74 Å². The Morgan fingerprint density at radius 1 is 1.09 bits per heavy atom. The molecule has 2 atom stereocenters. The topological polar surface area (TPSA) is 59.0 Å². The average Bonchev–Trinajstić information content (AvgIpc) is 3.11. The molecule has 33 heavy (non-hydrogen) atoms. The molecule has 0 radical (unpaired) electrons. The van der Waals surface area contributed by atoms with E-state index in [-0.39, 0.29) is 23.2 Å². The van der Waals surface area contributed by atoms with Crippen molar-refractivity contribution in [1.29, 1.82) is 0 Å². The van der Waals surface area contributed by atoms with Gasteiger partial charge in [-0.3, -0.25) is 9.69 Å². The lowest BCUT2D eigenvalue weighted by Crippen LogP contribution is -2.40. The minimum absolute atomic E-state index is 0.00740. The minimum atomic E-state index is -0.550. The van der Waals surface area contributed by atoms with Gasteiger partial charge in [0.2, 0.25) is 5.91 Å². The standard InChI is InChI=1S/C27H30N2O3S/c1-6-21-24(30)29-23(19-12-14-20(15-13-19)27(3,4)5)22(17(2)28-26(29)33-21)25(31)32-16-18-10-8-7-9-11-18/h7-15,21,23H,6,16H2,1-5H3/t21-,23-/m1/s1. The highest BCUT2D eigenvalue weighted by Crippen LogP contribution is 2.44. The van der Waals surface area contributed by atoms with Crippen LogP contribution in [0.3, 0.4) is 0 Å². The monoisotopic (exact) mass is 462 g/mol. The fourth-order valence-electron chi connectivity index (χ4n) is 4.13. The maximum atomic E-state index is 13.3. The first-order valence-electron chi connectivity index (χ1n) is 11.3. The second kappa shape index (κ2) is 9.18. The van der Waals surface area contributed by atoms with Gasteiger partial charge >= 0.3 is 5.97 Å². The molecule has 1 fully saturated rings. The van der Waals surface area contributed by atoms with Crippen molar-refractivity contribution in [3.8, 4) is 0 Å². The van der Waals surface area contributed by atoms with Gasteiger partial charge in [0, 0.05) is 0 Å². The number of amidine groups is 1. The van der Waals surface area contributed by atoms with Crippen molar-refractivity contribution in [1.82, 2.24) is 4.90 Å². The Morgan fingerprint density at radius 3 is 2.36 bits per heavy atom. The van der Waals surface area contributed by atoms with Crippen LogP contribution in [0.15, 0.2) is 70.9 Å². The zero-order valence-corrected chi connectivity index (χ0v) is 20.6. The molecule has 0 unspecified atom stereocenters. The zero-order chi connectivity index (χ0) is 23.8. The van der Waals surface area contributed by atoms with E-state index in [1.807, 2.05) is 56.3 Å². The van der Waals surface area contributed by atoms with E-state index < -0.39 is 12.0 Å². The summed E-state index contributed by atoms with van der Waals surface area (Å²) in [6.45, 7) is 10.5. The molecular weight excluding hydrogens is 432 g/mol. The summed E-state index contributed by atoms with van der Waals surface area (Å²) >= 11 is 1.48. The van der Waals surface area contributed by atoms with Crippen molar-refractivity contribution >= 4 is 28.8 Å². The number of hydrogen-bond donors (Lipinski definition) is 0. The second-order valence-corrected chi connectivity index (χ2v) is 10.6. The van der Waals surface area contributed by atoms with Gasteiger partial charge in [-0.25, -0.2) is 9.79 Å². The van der Waals surface area contributed by atoms with Crippen molar-refractivity contribution < 1.29 is 14.3 Å². The molecule has 2 aliphatic heterocycles. The summed E-state index contributed by atoms with van der Waals surface area (Å²) < 4.78 is 5.69. The molecule has 6 heteroatoms. The quantitative estimate of drug-likeness (QED) is 0.530. The fraction of sp³-hybridized carbons (Fsp3) is 0.370. The molecule has 1 amide bonds. The highest BCUT2D eigenvalue weighted by molar-refractivity contribution is 8.15. The van der Waals surface area contributed by atoms with Gasteiger partial charge in [0.05, 0.1) is 22.6 Å². The van der Waals surface area contributed by atoms with Gasteiger partial charge in [-0.05, 0) is 35.4 Å². The normalized spacial score (nSPS) is 20.6. The molecular formula is C27H30N2O3S. The third-order valence-electron chi connectivity index (χ3n) is 6.05. The van der Waals surface area contributed by atoms with E-state index in [0.29, 0.717) is 22.9 Å². The Bertz CT molecular complexity index is 1110. The number of esters is 1. The van der Waals surface area contributed by atoms with E-state index >= 15 is 0 Å². The van der Waals surface area contributed by atoms with Crippen LogP contribution in [0.5, 0.6) is 0 Å². The van der Waals surface area contributed by atoms with E-state index in [9.17, 15) is 9.59 Å². The first kappa shape index (κ1) is 23.3. The molecule has 0 aliphatic carbocycles. The fourth-order valence-corrected chi connectivity index (χ4v) is 5.27. The lowest BCUT2D eigenvalue weighted by molar-refractivity contribution is -0.141. The molecule has 0 bridgehead atoms. The van der Waals surface area contributed by atoms with Crippen molar-refractivity contribution in [3.05, 3.63) is 82.6 Å². The van der Waals surface area contributed by atoms with E-state index in [4.69, 9.17) is 4.74 Å². The van der Waals surface area contributed by atoms with Gasteiger partial charge in [-0.1, -0.05) is 94.1 Å². The Morgan fingerprint density at radius 2 is 1.76 bits per heavy atom. The molecule has 1 saturated heterocycles. The van der Waals surface area contributed by atoms with E-state index in [2.05, 4.69) is 37.9 Å². The molecule has 172 valence electrons. The predicted molar refractivity (Wildman–Crippen MR) is 133 cm³/mol. The molecule has 2 heterocycles. The van der Waals surface area contributed by atoms with Crippen molar-refractivity contribution in [2.75, 3.05) is 0 Å². The van der Waals surface area contributed by atoms with Crippen LogP contribution in [0.2, 0.25) is 0 Å². The van der Waals surface area contributed by atoms with E-state index in [0.717, 1.165) is 11.1 Å². The number of carbonyl (C=O) groups excluding carboxylic acids is 2. The Balaban J connectivity index is 1.72. The largest absolute Gasteiger partial charge is 0.457 e. The first-order valence-corrected chi connectivity index (χ1v) is 12.2. The number of ether oxygens (including phenoxy) is 1. The maximum absolute atomic E-state index is 13.3. The number of nitrogens with zero attached hydrogens (tertiary/aromatic N) is 2. The van der Waals surface area contributed by atoms with Crippen molar-refractivity contribution in [2.45, 2.75) is 64.4 Å². The van der Waals surface area contributed by atoms with Gasteiger partial charge in [-0.2, -0.15) is 0 Å². The molecule has 0 aromatic heterocycles. The summed E-state index contributed by atoms with van der Waals surface area (Å²) in [7, 11) is 0. The smallest absolute Gasteiger partial charge is 0.338 e. The number of thioether (sulfide) groups is 1. The number of fused-ring (bicyclic) bond motifs is 1. The summed E-state index contributed by atoms with van der Waals surface area (Å²) in [5, 5.41) is 0.474. The SMILES string of the molecule is CC[C@H]1SC2=NC(C)=C(C(=O)OCc3ccccc3)[C@@H](c3ccc(C(C)(C)C)cc3)N2C1=O. The van der Waals surface area contributed by atoms with Gasteiger partial charge in [0.15, 0.2) is 5.17 Å². The number of benzene rings is 2. The third-order valence-corrected chi connectivity index (χ3v) is 7.37.